The van der Waals surface area contributed by atoms with E-state index >= 15 is 0 Å². The fraction of sp³-hybridized carbons (Fsp3) is 0.647. The smallest absolute Gasteiger partial charge is 0.272 e. The maximum Gasteiger partial charge on any atom is 0.272 e. The Morgan fingerprint density at radius 1 is 1.32 bits per heavy atom. The average molecular weight is 366 g/mol. The SMILES string of the molecule is CCN(c1ccnc(C(=O)N2CCN(C)CC2)c1)C1CCS(=O)(=O)C1. The molecule has 1 atom stereocenters. The van der Waals surface area contributed by atoms with Gasteiger partial charge in [-0.3, -0.25) is 9.78 Å². The van der Waals surface area contributed by atoms with Crippen molar-refractivity contribution < 1.29 is 13.2 Å². The lowest BCUT2D eigenvalue weighted by Crippen LogP contribution is -2.47. The first-order valence-electron chi connectivity index (χ1n) is 8.80. The second-order valence-corrected chi connectivity index (χ2v) is 9.07. The number of carbonyl (C=O) groups excluding carboxylic acids is 1. The number of amides is 1. The largest absolute Gasteiger partial charge is 0.368 e. The van der Waals surface area contributed by atoms with Crippen LogP contribution in [-0.4, -0.2) is 86.4 Å². The maximum absolute atomic E-state index is 12.7. The molecule has 7 nitrogen and oxygen atoms in total. The van der Waals surface area contributed by atoms with Gasteiger partial charge in [0.1, 0.15) is 5.69 Å². The molecule has 0 aliphatic carbocycles. The van der Waals surface area contributed by atoms with Gasteiger partial charge in [0.05, 0.1) is 11.5 Å². The summed E-state index contributed by atoms with van der Waals surface area (Å²) in [6, 6.07) is 3.63. The zero-order chi connectivity index (χ0) is 18.0. The highest BCUT2D eigenvalue weighted by molar-refractivity contribution is 7.91. The lowest BCUT2D eigenvalue weighted by Gasteiger charge is -2.32. The summed E-state index contributed by atoms with van der Waals surface area (Å²) in [7, 11) is -0.893. The van der Waals surface area contributed by atoms with Gasteiger partial charge >= 0.3 is 0 Å². The molecule has 0 N–H and O–H groups in total. The van der Waals surface area contributed by atoms with Gasteiger partial charge in [-0.25, -0.2) is 8.42 Å². The van der Waals surface area contributed by atoms with Crippen LogP contribution >= 0.6 is 0 Å². The molecule has 0 bridgehead atoms. The number of hydrogen-bond donors (Lipinski definition) is 0. The van der Waals surface area contributed by atoms with Crippen molar-refractivity contribution in [1.29, 1.82) is 0 Å². The normalized spacial score (nSPS) is 23.6. The van der Waals surface area contributed by atoms with Crippen molar-refractivity contribution in [3.05, 3.63) is 24.0 Å². The third-order valence-corrected chi connectivity index (χ3v) is 6.82. The third kappa shape index (κ3) is 4.12. The zero-order valence-corrected chi connectivity index (χ0v) is 15.7. The molecule has 2 aliphatic heterocycles. The van der Waals surface area contributed by atoms with Gasteiger partial charge in [0.2, 0.25) is 0 Å². The van der Waals surface area contributed by atoms with E-state index in [4.69, 9.17) is 0 Å². The highest BCUT2D eigenvalue weighted by atomic mass is 32.2. The summed E-state index contributed by atoms with van der Waals surface area (Å²) in [6.07, 6.45) is 2.28. The van der Waals surface area contributed by atoms with Gasteiger partial charge in [-0.2, -0.15) is 0 Å². The predicted molar refractivity (Wildman–Crippen MR) is 97.7 cm³/mol. The Balaban J connectivity index is 1.77. The Hall–Kier alpha value is -1.67. The van der Waals surface area contributed by atoms with Crippen LogP contribution in [0.4, 0.5) is 5.69 Å². The van der Waals surface area contributed by atoms with E-state index in [-0.39, 0.29) is 23.5 Å². The van der Waals surface area contributed by atoms with Crippen molar-refractivity contribution >= 4 is 21.4 Å². The summed E-state index contributed by atoms with van der Waals surface area (Å²) in [4.78, 5) is 23.1. The van der Waals surface area contributed by atoms with Gasteiger partial charge in [0.25, 0.3) is 5.91 Å². The monoisotopic (exact) mass is 366 g/mol. The van der Waals surface area contributed by atoms with Crippen molar-refractivity contribution in [3.8, 4) is 0 Å². The minimum atomic E-state index is -2.94. The molecule has 3 heterocycles. The fourth-order valence-corrected chi connectivity index (χ4v) is 5.29. The van der Waals surface area contributed by atoms with Crippen LogP contribution in [0.5, 0.6) is 0 Å². The van der Waals surface area contributed by atoms with E-state index in [1.807, 2.05) is 17.9 Å². The van der Waals surface area contributed by atoms with E-state index in [2.05, 4.69) is 21.8 Å². The first-order valence-corrected chi connectivity index (χ1v) is 10.6. The molecule has 1 amide bonds. The Morgan fingerprint density at radius 3 is 2.64 bits per heavy atom. The molecule has 1 aromatic heterocycles. The van der Waals surface area contributed by atoms with Crippen LogP contribution in [0, 0.1) is 0 Å². The summed E-state index contributed by atoms with van der Waals surface area (Å²) >= 11 is 0. The molecular formula is C17H26N4O3S. The lowest BCUT2D eigenvalue weighted by molar-refractivity contribution is 0.0658. The van der Waals surface area contributed by atoms with Crippen molar-refractivity contribution in [3.63, 3.8) is 0 Å². The molecule has 1 aromatic rings. The zero-order valence-electron chi connectivity index (χ0n) is 14.9. The van der Waals surface area contributed by atoms with E-state index in [1.165, 1.54) is 0 Å². The standard InChI is InChI=1S/C17H26N4O3S/c1-3-21(15-5-11-25(23,24)13-15)14-4-6-18-16(12-14)17(22)20-9-7-19(2)8-10-20/h4,6,12,15H,3,5,7-11,13H2,1-2H3. The van der Waals surface area contributed by atoms with Gasteiger partial charge in [-0.15, -0.1) is 0 Å². The second-order valence-electron chi connectivity index (χ2n) is 6.84. The molecule has 3 rings (SSSR count). The van der Waals surface area contributed by atoms with E-state index < -0.39 is 9.84 Å². The van der Waals surface area contributed by atoms with Crippen LogP contribution in [0.1, 0.15) is 23.8 Å². The molecule has 0 spiro atoms. The first-order chi connectivity index (χ1) is 11.9. The number of hydrogen-bond acceptors (Lipinski definition) is 6. The van der Waals surface area contributed by atoms with Gasteiger partial charge in [-0.1, -0.05) is 0 Å². The van der Waals surface area contributed by atoms with Crippen LogP contribution in [0.15, 0.2) is 18.3 Å². The molecule has 2 saturated heterocycles. The van der Waals surface area contributed by atoms with Crippen molar-refractivity contribution in [2.75, 3.05) is 56.2 Å². The Labute approximate surface area is 149 Å². The molecule has 8 heteroatoms. The van der Waals surface area contributed by atoms with Crippen LogP contribution in [-0.2, 0) is 9.84 Å². The first kappa shape index (κ1) is 18.1. The van der Waals surface area contributed by atoms with Crippen molar-refractivity contribution in [1.82, 2.24) is 14.8 Å². The number of likely N-dealkylation sites (N-methyl/N-ethyl adjacent to an activating group) is 1. The number of sulfone groups is 1. The van der Waals surface area contributed by atoms with Gasteiger partial charge in [-0.05, 0) is 32.5 Å². The average Bonchev–Trinajstić information content (AvgIpc) is 2.95. The van der Waals surface area contributed by atoms with E-state index in [0.717, 1.165) is 18.8 Å². The molecule has 0 radical (unpaired) electrons. The van der Waals surface area contributed by atoms with Crippen molar-refractivity contribution in [2.45, 2.75) is 19.4 Å². The fourth-order valence-electron chi connectivity index (χ4n) is 3.56. The molecule has 138 valence electrons. The second kappa shape index (κ2) is 7.29. The van der Waals surface area contributed by atoms with Crippen LogP contribution in [0.25, 0.3) is 0 Å². The molecule has 0 saturated carbocycles. The molecular weight excluding hydrogens is 340 g/mol. The number of rotatable bonds is 4. The lowest BCUT2D eigenvalue weighted by atomic mass is 10.1. The Kier molecular flexibility index (Phi) is 5.29. The molecule has 2 fully saturated rings. The summed E-state index contributed by atoms with van der Waals surface area (Å²) < 4.78 is 23.6. The minimum absolute atomic E-state index is 0.0241. The number of nitrogens with zero attached hydrogens (tertiary/aromatic N) is 4. The van der Waals surface area contributed by atoms with E-state index in [0.29, 0.717) is 31.7 Å². The number of anilines is 1. The summed E-state index contributed by atoms with van der Waals surface area (Å²) in [6.45, 7) is 5.86. The van der Waals surface area contributed by atoms with Gasteiger partial charge in [0.15, 0.2) is 9.84 Å². The molecule has 1 unspecified atom stereocenters. The third-order valence-electron chi connectivity index (χ3n) is 5.07. The Morgan fingerprint density at radius 2 is 2.04 bits per heavy atom. The highest BCUT2D eigenvalue weighted by Gasteiger charge is 2.32. The van der Waals surface area contributed by atoms with Crippen LogP contribution < -0.4 is 4.90 Å². The maximum atomic E-state index is 12.7. The quantitative estimate of drug-likeness (QED) is 0.772. The minimum Gasteiger partial charge on any atom is -0.368 e. The number of pyridine rings is 1. The van der Waals surface area contributed by atoms with Gasteiger partial charge in [0, 0.05) is 50.6 Å². The van der Waals surface area contributed by atoms with E-state index in [9.17, 15) is 13.2 Å². The number of piperazine rings is 1. The predicted octanol–water partition coefficient (Wildman–Crippen LogP) is 0.483. The molecule has 2 aliphatic rings. The number of carbonyl (C=O) groups is 1. The van der Waals surface area contributed by atoms with Crippen molar-refractivity contribution in [2.24, 2.45) is 0 Å². The summed E-state index contributed by atoms with van der Waals surface area (Å²) in [5.74, 6) is 0.377. The van der Waals surface area contributed by atoms with Crippen LogP contribution in [0.2, 0.25) is 0 Å². The van der Waals surface area contributed by atoms with E-state index in [1.54, 1.807) is 12.3 Å². The topological polar surface area (TPSA) is 73.8 Å². The summed E-state index contributed by atoms with van der Waals surface area (Å²) in [5.41, 5.74) is 1.30. The van der Waals surface area contributed by atoms with Crippen LogP contribution in [0.3, 0.4) is 0 Å². The summed E-state index contributed by atoms with van der Waals surface area (Å²) in [5, 5.41) is 0. The Bertz CT molecular complexity index is 729. The van der Waals surface area contributed by atoms with Gasteiger partial charge < -0.3 is 14.7 Å². The highest BCUT2D eigenvalue weighted by Crippen LogP contribution is 2.24. The molecule has 0 aromatic carbocycles. The number of aromatic nitrogens is 1. The molecule has 25 heavy (non-hydrogen) atoms.